The van der Waals surface area contributed by atoms with E-state index in [4.69, 9.17) is 4.74 Å². The van der Waals surface area contributed by atoms with Gasteiger partial charge >= 0.3 is 6.18 Å². The first-order valence-electron chi connectivity index (χ1n) is 9.81. The molecular weight excluding hydrogens is 400 g/mol. The second-order valence-corrected chi connectivity index (χ2v) is 7.92. The van der Waals surface area contributed by atoms with Gasteiger partial charge in [0.1, 0.15) is 17.1 Å². The zero-order valence-electron chi connectivity index (χ0n) is 16.4. The van der Waals surface area contributed by atoms with E-state index in [2.05, 4.69) is 5.32 Å². The second-order valence-electron chi connectivity index (χ2n) is 7.92. The van der Waals surface area contributed by atoms with Gasteiger partial charge in [-0.1, -0.05) is 30.3 Å². The molecule has 0 aliphatic carbocycles. The lowest BCUT2D eigenvalue weighted by Crippen LogP contribution is -2.47. The molecule has 1 N–H and O–H groups in total. The van der Waals surface area contributed by atoms with E-state index in [9.17, 15) is 22.4 Å². The summed E-state index contributed by atoms with van der Waals surface area (Å²) in [6.07, 6.45) is -4.93. The number of amides is 1. The highest BCUT2D eigenvalue weighted by Gasteiger charge is 2.50. The Kier molecular flexibility index (Phi) is 5.22. The predicted molar refractivity (Wildman–Crippen MR) is 102 cm³/mol. The van der Waals surface area contributed by atoms with Crippen LogP contribution in [0.5, 0.6) is 5.75 Å². The molecule has 1 spiro atoms. The van der Waals surface area contributed by atoms with Gasteiger partial charge in [-0.2, -0.15) is 13.2 Å². The molecule has 30 heavy (non-hydrogen) atoms. The summed E-state index contributed by atoms with van der Waals surface area (Å²) in [4.78, 5) is 14.2. The molecule has 3 atom stereocenters. The zero-order chi connectivity index (χ0) is 21.5. The number of nitrogens with zero attached hydrogens (tertiary/aromatic N) is 1. The molecule has 160 valence electrons. The number of hydrogen-bond acceptors (Lipinski definition) is 3. The van der Waals surface area contributed by atoms with Crippen molar-refractivity contribution < 1.29 is 27.1 Å². The van der Waals surface area contributed by atoms with Crippen molar-refractivity contribution in [3.05, 3.63) is 65.5 Å². The monoisotopic (exact) mass is 422 g/mol. The summed E-state index contributed by atoms with van der Waals surface area (Å²) < 4.78 is 59.6. The van der Waals surface area contributed by atoms with Crippen molar-refractivity contribution in [3.8, 4) is 5.75 Å². The van der Waals surface area contributed by atoms with Crippen LogP contribution in [0, 0.1) is 5.82 Å². The van der Waals surface area contributed by atoms with Crippen LogP contribution in [0.15, 0.2) is 48.5 Å². The Balaban J connectivity index is 1.50. The Labute approximate surface area is 171 Å². The van der Waals surface area contributed by atoms with E-state index < -0.39 is 29.2 Å². The van der Waals surface area contributed by atoms with Crippen molar-refractivity contribution in [1.82, 2.24) is 10.2 Å². The van der Waals surface area contributed by atoms with Gasteiger partial charge in [-0.05, 0) is 43.0 Å². The maximum Gasteiger partial charge on any atom is 0.429 e. The van der Waals surface area contributed by atoms with Crippen LogP contribution < -0.4 is 10.1 Å². The molecule has 2 saturated heterocycles. The van der Waals surface area contributed by atoms with E-state index in [1.54, 1.807) is 24.1 Å². The molecule has 0 aromatic heterocycles. The third-order valence-electron chi connectivity index (χ3n) is 5.96. The number of halogens is 4. The Morgan fingerprint density at radius 3 is 2.43 bits per heavy atom. The smallest absolute Gasteiger partial charge is 0.429 e. The summed E-state index contributed by atoms with van der Waals surface area (Å²) in [5.41, 5.74) is -0.228. The average Bonchev–Trinajstić information content (AvgIpc) is 3.26. The predicted octanol–water partition coefficient (Wildman–Crippen LogP) is 4.53. The summed E-state index contributed by atoms with van der Waals surface area (Å²) in [7, 11) is 1.78. The first-order valence-corrected chi connectivity index (χ1v) is 9.81. The van der Waals surface area contributed by atoms with Gasteiger partial charge in [-0.25, -0.2) is 4.39 Å². The van der Waals surface area contributed by atoms with Gasteiger partial charge in [0, 0.05) is 25.2 Å². The summed E-state index contributed by atoms with van der Waals surface area (Å²) in [6, 6.07) is 10.9. The molecule has 1 amide bonds. The number of rotatable bonds is 4. The van der Waals surface area contributed by atoms with E-state index in [-0.39, 0.29) is 17.7 Å². The first-order chi connectivity index (χ1) is 14.2. The fourth-order valence-electron chi connectivity index (χ4n) is 4.33. The minimum Gasteiger partial charge on any atom is -0.476 e. The van der Waals surface area contributed by atoms with Crippen LogP contribution >= 0.6 is 0 Å². The fourth-order valence-corrected chi connectivity index (χ4v) is 4.33. The number of benzene rings is 2. The minimum atomic E-state index is -4.77. The van der Waals surface area contributed by atoms with Crippen LogP contribution in [0.25, 0.3) is 0 Å². The molecule has 0 saturated carbocycles. The van der Waals surface area contributed by atoms with E-state index in [1.165, 1.54) is 24.3 Å². The van der Waals surface area contributed by atoms with Crippen molar-refractivity contribution >= 4 is 5.91 Å². The van der Waals surface area contributed by atoms with Crippen LogP contribution in [0.2, 0.25) is 0 Å². The third-order valence-corrected chi connectivity index (χ3v) is 5.96. The van der Waals surface area contributed by atoms with E-state index >= 15 is 0 Å². The molecule has 2 aliphatic heterocycles. The summed E-state index contributed by atoms with van der Waals surface area (Å²) in [5, 5.41) is 3.42. The van der Waals surface area contributed by atoms with Crippen molar-refractivity contribution in [2.75, 3.05) is 13.6 Å². The molecule has 4 nitrogen and oxygen atoms in total. The number of ether oxygens (including phenoxy) is 1. The Bertz CT molecular complexity index is 931. The molecule has 4 rings (SSSR count). The largest absolute Gasteiger partial charge is 0.476 e. The molecule has 0 radical (unpaired) electrons. The van der Waals surface area contributed by atoms with Gasteiger partial charge in [0.15, 0.2) is 0 Å². The molecule has 2 heterocycles. The number of carbonyl (C=O) groups is 1. The van der Waals surface area contributed by atoms with Crippen molar-refractivity contribution in [1.29, 1.82) is 0 Å². The Morgan fingerprint density at radius 2 is 1.83 bits per heavy atom. The van der Waals surface area contributed by atoms with Crippen molar-refractivity contribution in [3.63, 3.8) is 0 Å². The number of nitrogens with one attached hydrogen (secondary N) is 1. The Hall–Kier alpha value is -2.61. The number of likely N-dealkylation sites (N-methyl/N-ethyl adjacent to an activating group) is 1. The molecular formula is C22H22F4N2O2. The van der Waals surface area contributed by atoms with Gasteiger partial charge in [-0.3, -0.25) is 10.1 Å². The maximum absolute atomic E-state index is 13.9. The number of carbonyl (C=O) groups excluding carboxylic acids is 1. The van der Waals surface area contributed by atoms with Gasteiger partial charge in [0.05, 0.1) is 0 Å². The standard InChI is InChI=1S/C22H22F4N2O2/c1-28-13-12-21(20(28)29)11-10-18(27-21)14-6-8-15(9-7-14)30-19(22(24,25)26)16-4-2-3-5-17(16)23/h2-9,18-19,27H,10-13H2,1H3. The highest BCUT2D eigenvalue weighted by molar-refractivity contribution is 5.88. The van der Waals surface area contributed by atoms with Gasteiger partial charge in [0.2, 0.25) is 12.0 Å². The molecule has 2 aliphatic rings. The molecule has 8 heteroatoms. The molecule has 0 bridgehead atoms. The van der Waals surface area contributed by atoms with Crippen LogP contribution in [0.1, 0.15) is 42.5 Å². The van der Waals surface area contributed by atoms with Gasteiger partial charge in [0.25, 0.3) is 0 Å². The summed E-state index contributed by atoms with van der Waals surface area (Å²) in [6.45, 7) is 0.709. The van der Waals surface area contributed by atoms with Crippen LogP contribution in [0.4, 0.5) is 17.6 Å². The third kappa shape index (κ3) is 3.76. The second kappa shape index (κ2) is 7.58. The molecule has 2 aromatic carbocycles. The number of hydrogen-bond donors (Lipinski definition) is 1. The maximum atomic E-state index is 13.9. The first kappa shape index (κ1) is 20.7. The quantitative estimate of drug-likeness (QED) is 0.736. The fraction of sp³-hybridized carbons (Fsp3) is 0.409. The Morgan fingerprint density at radius 1 is 1.13 bits per heavy atom. The summed E-state index contributed by atoms with van der Waals surface area (Å²) >= 11 is 0. The normalized spacial score (nSPS) is 25.2. The van der Waals surface area contributed by atoms with Crippen molar-refractivity contribution in [2.24, 2.45) is 0 Å². The lowest BCUT2D eigenvalue weighted by Gasteiger charge is -2.24. The van der Waals surface area contributed by atoms with E-state index in [0.717, 1.165) is 37.0 Å². The molecule has 3 unspecified atom stereocenters. The number of likely N-dealkylation sites (tertiary alicyclic amines) is 1. The zero-order valence-corrected chi connectivity index (χ0v) is 16.4. The average molecular weight is 422 g/mol. The van der Waals surface area contributed by atoms with Crippen LogP contribution in [0.3, 0.4) is 0 Å². The topological polar surface area (TPSA) is 41.6 Å². The van der Waals surface area contributed by atoms with Gasteiger partial charge < -0.3 is 9.64 Å². The SMILES string of the molecule is CN1CCC2(CCC(c3ccc(OC(c4ccccc4F)C(F)(F)F)cc3)N2)C1=O. The van der Waals surface area contributed by atoms with E-state index in [1.807, 2.05) is 0 Å². The summed E-state index contributed by atoms with van der Waals surface area (Å²) in [5.74, 6) is -0.889. The lowest BCUT2D eigenvalue weighted by molar-refractivity contribution is -0.198. The van der Waals surface area contributed by atoms with Crippen LogP contribution in [-0.4, -0.2) is 36.1 Å². The van der Waals surface area contributed by atoms with Crippen LogP contribution in [-0.2, 0) is 4.79 Å². The van der Waals surface area contributed by atoms with Gasteiger partial charge in [-0.15, -0.1) is 0 Å². The number of alkyl halides is 3. The minimum absolute atomic E-state index is 0.00582. The highest BCUT2D eigenvalue weighted by Crippen LogP contribution is 2.41. The highest BCUT2D eigenvalue weighted by atomic mass is 19.4. The lowest BCUT2D eigenvalue weighted by atomic mass is 9.96. The van der Waals surface area contributed by atoms with Crippen molar-refractivity contribution in [2.45, 2.75) is 43.1 Å². The molecule has 2 aromatic rings. The molecule has 2 fully saturated rings. The van der Waals surface area contributed by atoms with E-state index in [0.29, 0.717) is 6.54 Å².